The second-order valence-corrected chi connectivity index (χ2v) is 7.42. The summed E-state index contributed by atoms with van der Waals surface area (Å²) in [5.74, 6) is -0.253. The molecule has 0 aliphatic carbocycles. The van der Waals surface area contributed by atoms with E-state index < -0.39 is 5.97 Å². The van der Waals surface area contributed by atoms with Gasteiger partial charge in [-0.15, -0.1) is 0 Å². The number of benzene rings is 2. The molecule has 0 fully saturated rings. The first-order valence-corrected chi connectivity index (χ1v) is 9.45. The summed E-state index contributed by atoms with van der Waals surface area (Å²) in [7, 11) is 0. The fourth-order valence-corrected chi connectivity index (χ4v) is 3.17. The molecule has 0 saturated heterocycles. The Morgan fingerprint density at radius 2 is 1.86 bits per heavy atom. The van der Waals surface area contributed by atoms with Gasteiger partial charge >= 0.3 is 5.97 Å². The quantitative estimate of drug-likeness (QED) is 0.546. The number of halogens is 1. The van der Waals surface area contributed by atoms with Crippen LogP contribution in [0.25, 0.3) is 11.1 Å². The molecule has 1 heterocycles. The van der Waals surface area contributed by atoms with E-state index in [2.05, 4.69) is 4.98 Å². The van der Waals surface area contributed by atoms with Crippen LogP contribution in [-0.2, 0) is 6.61 Å². The number of hydrogen-bond donors (Lipinski definition) is 1. The van der Waals surface area contributed by atoms with Crippen molar-refractivity contribution in [1.82, 2.24) is 4.98 Å². The van der Waals surface area contributed by atoms with Gasteiger partial charge < -0.3 is 9.84 Å². The maximum Gasteiger partial charge on any atom is 0.337 e. The van der Waals surface area contributed by atoms with Crippen molar-refractivity contribution in [3.05, 3.63) is 82.1 Å². The van der Waals surface area contributed by atoms with Crippen LogP contribution >= 0.6 is 11.6 Å². The number of aryl methyl sites for hydroxylation is 1. The van der Waals surface area contributed by atoms with E-state index in [4.69, 9.17) is 16.3 Å². The van der Waals surface area contributed by atoms with Crippen molar-refractivity contribution in [3.8, 4) is 16.9 Å². The van der Waals surface area contributed by atoms with Crippen LogP contribution in [-0.4, -0.2) is 16.1 Å². The number of ether oxygens (including phenoxy) is 1. The second kappa shape index (κ2) is 8.44. The molecule has 0 atom stereocenters. The smallest absolute Gasteiger partial charge is 0.337 e. The highest BCUT2D eigenvalue weighted by Gasteiger charge is 2.20. The lowest BCUT2D eigenvalue weighted by Gasteiger charge is -2.17. The second-order valence-electron chi connectivity index (χ2n) is 6.99. The van der Waals surface area contributed by atoms with Gasteiger partial charge in [0.1, 0.15) is 12.4 Å². The van der Waals surface area contributed by atoms with E-state index in [1.807, 2.05) is 63.2 Å². The van der Waals surface area contributed by atoms with Crippen LogP contribution in [0.5, 0.6) is 5.75 Å². The number of hydrogen-bond acceptors (Lipinski definition) is 3. The van der Waals surface area contributed by atoms with Crippen molar-refractivity contribution in [3.63, 3.8) is 0 Å². The Morgan fingerprint density at radius 1 is 1.14 bits per heavy atom. The molecule has 4 nitrogen and oxygen atoms in total. The minimum absolute atomic E-state index is 0.0836. The lowest BCUT2D eigenvalue weighted by molar-refractivity contribution is 0.0693. The molecule has 0 radical (unpaired) electrons. The number of carboxylic acid groups (broad SMARTS) is 1. The molecule has 3 aromatic rings. The molecule has 28 heavy (non-hydrogen) atoms. The van der Waals surface area contributed by atoms with Crippen LogP contribution in [0, 0.1) is 6.92 Å². The van der Waals surface area contributed by atoms with Gasteiger partial charge in [0.25, 0.3) is 0 Å². The summed E-state index contributed by atoms with van der Waals surface area (Å²) in [5.41, 5.74) is 4.10. The predicted octanol–water partition coefficient (Wildman–Crippen LogP) is 6.11. The summed E-state index contributed by atoms with van der Waals surface area (Å²) < 4.78 is 5.79. The van der Waals surface area contributed by atoms with E-state index in [0.29, 0.717) is 16.5 Å². The lowest BCUT2D eigenvalue weighted by Crippen LogP contribution is -2.12. The molecule has 0 spiro atoms. The molecule has 0 bridgehead atoms. The lowest BCUT2D eigenvalue weighted by atomic mass is 9.95. The van der Waals surface area contributed by atoms with E-state index in [0.717, 1.165) is 22.4 Å². The zero-order chi connectivity index (χ0) is 20.3. The van der Waals surface area contributed by atoms with Crippen molar-refractivity contribution in [1.29, 1.82) is 0 Å². The average Bonchev–Trinajstić information content (AvgIpc) is 2.66. The molecule has 0 amide bonds. The fourth-order valence-electron chi connectivity index (χ4n) is 2.98. The Bertz CT molecular complexity index is 997. The van der Waals surface area contributed by atoms with Gasteiger partial charge in [-0.2, -0.15) is 0 Å². The van der Waals surface area contributed by atoms with Gasteiger partial charge in [0.05, 0.1) is 17.0 Å². The van der Waals surface area contributed by atoms with Crippen LogP contribution in [0.1, 0.15) is 47.1 Å². The van der Waals surface area contributed by atoms with Crippen LogP contribution in [0.4, 0.5) is 0 Å². The largest absolute Gasteiger partial charge is 0.487 e. The fraction of sp³-hybridized carbons (Fsp3) is 0.217. The highest BCUT2D eigenvalue weighted by molar-refractivity contribution is 6.30. The van der Waals surface area contributed by atoms with Crippen molar-refractivity contribution in [2.75, 3.05) is 0 Å². The van der Waals surface area contributed by atoms with E-state index in [-0.39, 0.29) is 18.1 Å². The van der Waals surface area contributed by atoms with Gasteiger partial charge in [-0.1, -0.05) is 55.3 Å². The number of rotatable bonds is 6. The molecular weight excluding hydrogens is 374 g/mol. The standard InChI is InChI=1S/C23H22ClNO3/c1-14(2)22-19(16-5-4-6-17(24)11-16)12-20(23(26)27)21(25-22)13-28-18-9-7-15(3)8-10-18/h4-12,14H,13H2,1-3H3,(H,26,27). The first-order valence-electron chi connectivity index (χ1n) is 9.07. The Morgan fingerprint density at radius 3 is 2.46 bits per heavy atom. The van der Waals surface area contributed by atoms with E-state index >= 15 is 0 Å². The normalized spacial score (nSPS) is 10.9. The van der Waals surface area contributed by atoms with Gasteiger partial charge in [0.15, 0.2) is 0 Å². The Hall–Kier alpha value is -2.85. The number of carbonyl (C=O) groups is 1. The number of carboxylic acids is 1. The summed E-state index contributed by atoms with van der Waals surface area (Å²) in [5, 5.41) is 10.3. The molecule has 1 aromatic heterocycles. The highest BCUT2D eigenvalue weighted by atomic mass is 35.5. The molecule has 0 unspecified atom stereocenters. The molecule has 3 rings (SSSR count). The maximum absolute atomic E-state index is 11.9. The maximum atomic E-state index is 11.9. The average molecular weight is 396 g/mol. The summed E-state index contributed by atoms with van der Waals surface area (Å²) in [4.78, 5) is 16.6. The van der Waals surface area contributed by atoms with E-state index in [1.165, 1.54) is 0 Å². The number of nitrogens with zero attached hydrogens (tertiary/aromatic N) is 1. The van der Waals surface area contributed by atoms with E-state index in [1.54, 1.807) is 12.1 Å². The minimum atomic E-state index is -1.03. The zero-order valence-electron chi connectivity index (χ0n) is 16.1. The molecule has 144 valence electrons. The topological polar surface area (TPSA) is 59.4 Å². The Labute approximate surface area is 169 Å². The molecular formula is C23H22ClNO3. The monoisotopic (exact) mass is 395 g/mol. The van der Waals surface area contributed by atoms with E-state index in [9.17, 15) is 9.90 Å². The third kappa shape index (κ3) is 4.52. The summed E-state index contributed by atoms with van der Waals surface area (Å²) in [6.45, 7) is 6.14. The molecule has 2 aromatic carbocycles. The molecule has 0 saturated carbocycles. The third-order valence-corrected chi connectivity index (χ3v) is 4.68. The number of aromatic nitrogens is 1. The minimum Gasteiger partial charge on any atom is -0.487 e. The molecule has 0 aliphatic rings. The Balaban J connectivity index is 2.03. The first kappa shape index (κ1) is 19.9. The SMILES string of the molecule is Cc1ccc(OCc2nc(C(C)C)c(-c3cccc(Cl)c3)cc2C(=O)O)cc1. The van der Waals surface area contributed by atoms with Gasteiger partial charge in [-0.3, -0.25) is 4.98 Å². The molecule has 1 N–H and O–H groups in total. The van der Waals surface area contributed by atoms with Crippen LogP contribution < -0.4 is 4.74 Å². The van der Waals surface area contributed by atoms with Crippen LogP contribution in [0.15, 0.2) is 54.6 Å². The van der Waals surface area contributed by atoms with Gasteiger partial charge in [-0.05, 0) is 48.7 Å². The van der Waals surface area contributed by atoms with Gasteiger partial charge in [0, 0.05) is 10.6 Å². The third-order valence-electron chi connectivity index (χ3n) is 4.44. The van der Waals surface area contributed by atoms with Gasteiger partial charge in [0.2, 0.25) is 0 Å². The van der Waals surface area contributed by atoms with Crippen molar-refractivity contribution < 1.29 is 14.6 Å². The number of pyridine rings is 1. The summed E-state index contributed by atoms with van der Waals surface area (Å²) in [6.07, 6.45) is 0. The number of aromatic carboxylic acids is 1. The highest BCUT2D eigenvalue weighted by Crippen LogP contribution is 2.31. The van der Waals surface area contributed by atoms with Crippen LogP contribution in [0.2, 0.25) is 5.02 Å². The Kier molecular flexibility index (Phi) is 6.00. The van der Waals surface area contributed by atoms with Crippen molar-refractivity contribution >= 4 is 17.6 Å². The van der Waals surface area contributed by atoms with Crippen molar-refractivity contribution in [2.45, 2.75) is 33.3 Å². The van der Waals surface area contributed by atoms with Gasteiger partial charge in [-0.25, -0.2) is 4.79 Å². The molecule has 5 heteroatoms. The summed E-state index contributed by atoms with van der Waals surface area (Å²) >= 11 is 6.13. The van der Waals surface area contributed by atoms with Crippen molar-refractivity contribution in [2.24, 2.45) is 0 Å². The van der Waals surface area contributed by atoms with Crippen LogP contribution in [0.3, 0.4) is 0 Å². The summed E-state index contributed by atoms with van der Waals surface area (Å²) in [6, 6.07) is 16.6. The molecule has 0 aliphatic heterocycles. The first-order chi connectivity index (χ1) is 13.3. The zero-order valence-corrected chi connectivity index (χ0v) is 16.8. The predicted molar refractivity (Wildman–Crippen MR) is 111 cm³/mol.